The highest BCUT2D eigenvalue weighted by atomic mass is 35.5. The van der Waals surface area contributed by atoms with Crippen LogP contribution in [0.25, 0.3) is 10.9 Å². The fraction of sp³-hybridized carbons (Fsp3) is 0.200. The molecular weight excluding hydrogens is 422 g/mol. The van der Waals surface area contributed by atoms with Gasteiger partial charge in [0.1, 0.15) is 11.0 Å². The standard InChI is InChI=1S/C25H20ClN5O/c1-14-7-8-19-15(10-14)11-17(24(26)30-19)22-18(12-27)25(28)31(16-4-3-9-29-13-16)20-5-2-6-21(32)23(20)22/h3-4,7-11,13,22H,2,5-6,28H2,1H3. The quantitative estimate of drug-likeness (QED) is 0.568. The lowest BCUT2D eigenvalue weighted by atomic mass is 9.75. The Hall–Kier alpha value is -3.69. The van der Waals surface area contributed by atoms with E-state index in [0.29, 0.717) is 35.4 Å². The van der Waals surface area contributed by atoms with Gasteiger partial charge in [0.2, 0.25) is 0 Å². The second kappa shape index (κ2) is 7.77. The van der Waals surface area contributed by atoms with Crippen molar-refractivity contribution in [1.29, 1.82) is 5.26 Å². The van der Waals surface area contributed by atoms with Gasteiger partial charge in [-0.3, -0.25) is 14.7 Å². The summed E-state index contributed by atoms with van der Waals surface area (Å²) in [6, 6.07) is 13.8. The van der Waals surface area contributed by atoms with E-state index in [4.69, 9.17) is 17.3 Å². The van der Waals surface area contributed by atoms with Crippen LogP contribution in [0.1, 0.15) is 36.3 Å². The number of aromatic nitrogens is 2. The summed E-state index contributed by atoms with van der Waals surface area (Å²) in [4.78, 5) is 23.8. The molecule has 5 rings (SSSR count). The van der Waals surface area contributed by atoms with Gasteiger partial charge in [-0.1, -0.05) is 23.2 Å². The van der Waals surface area contributed by atoms with Crippen LogP contribution in [0.4, 0.5) is 5.69 Å². The molecule has 3 heterocycles. The van der Waals surface area contributed by atoms with Gasteiger partial charge >= 0.3 is 0 Å². The molecule has 1 aliphatic carbocycles. The van der Waals surface area contributed by atoms with Crippen molar-refractivity contribution < 1.29 is 4.79 Å². The lowest BCUT2D eigenvalue weighted by molar-refractivity contribution is -0.116. The van der Waals surface area contributed by atoms with E-state index in [2.05, 4.69) is 16.0 Å². The third kappa shape index (κ3) is 3.14. The molecule has 3 aromatic rings. The number of benzene rings is 1. The van der Waals surface area contributed by atoms with Gasteiger partial charge in [0.05, 0.1) is 35.0 Å². The molecule has 0 bridgehead atoms. The monoisotopic (exact) mass is 441 g/mol. The number of anilines is 1. The molecule has 1 atom stereocenters. The fourth-order valence-corrected chi connectivity index (χ4v) is 4.92. The minimum absolute atomic E-state index is 0.00537. The first-order valence-electron chi connectivity index (χ1n) is 10.4. The summed E-state index contributed by atoms with van der Waals surface area (Å²) in [5.74, 6) is -0.356. The molecule has 0 saturated heterocycles. The number of nitrogens with zero attached hydrogens (tertiary/aromatic N) is 4. The number of fused-ring (bicyclic) bond motifs is 1. The average Bonchev–Trinajstić information content (AvgIpc) is 2.79. The Kier molecular flexibility index (Phi) is 4.91. The van der Waals surface area contributed by atoms with Crippen LogP contribution in [-0.4, -0.2) is 15.8 Å². The van der Waals surface area contributed by atoms with Crippen LogP contribution in [0.3, 0.4) is 0 Å². The summed E-state index contributed by atoms with van der Waals surface area (Å²) in [6.07, 6.45) is 5.17. The lowest BCUT2D eigenvalue weighted by Crippen LogP contribution is -2.38. The maximum atomic E-state index is 13.2. The number of ketones is 1. The number of nitrogens with two attached hydrogens (primary N) is 1. The van der Waals surface area contributed by atoms with Crippen molar-refractivity contribution in [2.24, 2.45) is 5.73 Å². The molecule has 1 unspecified atom stereocenters. The van der Waals surface area contributed by atoms with Gasteiger partial charge in [0.15, 0.2) is 5.78 Å². The molecule has 1 aromatic carbocycles. The Labute approximate surface area is 190 Å². The van der Waals surface area contributed by atoms with E-state index in [1.54, 1.807) is 23.4 Å². The molecule has 0 saturated carbocycles. The van der Waals surface area contributed by atoms with Crippen LogP contribution >= 0.6 is 11.6 Å². The van der Waals surface area contributed by atoms with Gasteiger partial charge < -0.3 is 5.73 Å². The normalized spacial score (nSPS) is 18.7. The molecule has 0 spiro atoms. The van der Waals surface area contributed by atoms with Crippen LogP contribution in [0.15, 0.2) is 71.5 Å². The number of hydrogen-bond acceptors (Lipinski definition) is 6. The van der Waals surface area contributed by atoms with Crippen molar-refractivity contribution in [2.75, 3.05) is 4.90 Å². The van der Waals surface area contributed by atoms with Gasteiger partial charge in [-0.15, -0.1) is 0 Å². The van der Waals surface area contributed by atoms with Crippen molar-refractivity contribution in [3.05, 3.63) is 87.7 Å². The van der Waals surface area contributed by atoms with Crippen LogP contribution in [0.5, 0.6) is 0 Å². The van der Waals surface area contributed by atoms with Gasteiger partial charge in [0.25, 0.3) is 0 Å². The SMILES string of the molecule is Cc1ccc2nc(Cl)c(C3C(C#N)=C(N)N(c4cccnc4)C4=C3C(=O)CCC4)cc2c1. The van der Waals surface area contributed by atoms with Crippen molar-refractivity contribution in [1.82, 2.24) is 9.97 Å². The van der Waals surface area contributed by atoms with E-state index in [0.717, 1.165) is 34.3 Å². The zero-order valence-corrected chi connectivity index (χ0v) is 18.2. The minimum Gasteiger partial charge on any atom is -0.384 e. The van der Waals surface area contributed by atoms with Crippen LogP contribution in [0.2, 0.25) is 5.15 Å². The molecule has 0 radical (unpaired) electrons. The van der Waals surface area contributed by atoms with Crippen molar-refractivity contribution >= 4 is 34.0 Å². The minimum atomic E-state index is -0.652. The summed E-state index contributed by atoms with van der Waals surface area (Å²) in [6.45, 7) is 2.00. The zero-order valence-electron chi connectivity index (χ0n) is 17.5. The first-order chi connectivity index (χ1) is 15.5. The number of pyridine rings is 2. The predicted octanol–water partition coefficient (Wildman–Crippen LogP) is 4.90. The van der Waals surface area contributed by atoms with Crippen LogP contribution < -0.4 is 10.6 Å². The Morgan fingerprint density at radius 3 is 2.84 bits per heavy atom. The number of allylic oxidation sites excluding steroid dienone is 3. The highest BCUT2D eigenvalue weighted by molar-refractivity contribution is 6.31. The van der Waals surface area contributed by atoms with E-state index in [-0.39, 0.29) is 10.9 Å². The molecule has 2 aromatic heterocycles. The van der Waals surface area contributed by atoms with Gasteiger partial charge in [-0.05, 0) is 50.1 Å². The molecule has 2 aliphatic rings. The van der Waals surface area contributed by atoms with Crippen molar-refractivity contribution in [3.8, 4) is 6.07 Å². The number of nitriles is 1. The predicted molar refractivity (Wildman–Crippen MR) is 124 cm³/mol. The summed E-state index contributed by atoms with van der Waals surface area (Å²) < 4.78 is 0. The number of Topliss-reactive ketones (excluding diaryl/α,β-unsaturated/α-hetero) is 1. The molecule has 0 fully saturated rings. The largest absolute Gasteiger partial charge is 0.384 e. The Morgan fingerprint density at radius 2 is 2.09 bits per heavy atom. The van der Waals surface area contributed by atoms with E-state index < -0.39 is 5.92 Å². The Bertz CT molecular complexity index is 1370. The van der Waals surface area contributed by atoms with E-state index in [9.17, 15) is 10.1 Å². The summed E-state index contributed by atoms with van der Waals surface area (Å²) >= 11 is 6.64. The smallest absolute Gasteiger partial charge is 0.161 e. The van der Waals surface area contributed by atoms with Crippen molar-refractivity contribution in [3.63, 3.8) is 0 Å². The molecule has 158 valence electrons. The Morgan fingerprint density at radius 1 is 1.25 bits per heavy atom. The second-order valence-corrected chi connectivity index (χ2v) is 8.45. The molecule has 6 nitrogen and oxygen atoms in total. The first-order valence-corrected chi connectivity index (χ1v) is 10.8. The average molecular weight is 442 g/mol. The molecule has 2 N–H and O–H groups in total. The number of carbonyl (C=O) groups excluding carboxylic acids is 1. The van der Waals surface area contributed by atoms with E-state index in [1.165, 1.54) is 0 Å². The number of rotatable bonds is 2. The third-order valence-corrected chi connectivity index (χ3v) is 6.38. The lowest BCUT2D eigenvalue weighted by Gasteiger charge is -2.39. The fourth-order valence-electron chi connectivity index (χ4n) is 4.67. The van der Waals surface area contributed by atoms with Gasteiger partial charge in [0, 0.05) is 34.8 Å². The topological polar surface area (TPSA) is 95.9 Å². The number of aryl methyl sites for hydroxylation is 1. The zero-order chi connectivity index (χ0) is 22.4. The molecule has 1 aliphatic heterocycles. The number of halogens is 1. The highest BCUT2D eigenvalue weighted by Gasteiger charge is 2.41. The van der Waals surface area contributed by atoms with Crippen LogP contribution in [0, 0.1) is 18.3 Å². The second-order valence-electron chi connectivity index (χ2n) is 8.09. The summed E-state index contributed by atoms with van der Waals surface area (Å²) in [7, 11) is 0. The molecular formula is C25H20ClN5O. The number of carbonyl (C=O) groups is 1. The highest BCUT2D eigenvalue weighted by Crippen LogP contribution is 2.47. The van der Waals surface area contributed by atoms with Gasteiger partial charge in [-0.25, -0.2) is 4.98 Å². The summed E-state index contributed by atoms with van der Waals surface area (Å²) in [5, 5.41) is 11.3. The maximum absolute atomic E-state index is 13.2. The third-order valence-electron chi connectivity index (χ3n) is 6.08. The molecule has 0 amide bonds. The van der Waals surface area contributed by atoms with Gasteiger partial charge in [-0.2, -0.15) is 5.26 Å². The summed E-state index contributed by atoms with van der Waals surface area (Å²) in [5.41, 5.74) is 11.4. The Balaban J connectivity index is 1.79. The van der Waals surface area contributed by atoms with Crippen molar-refractivity contribution in [2.45, 2.75) is 32.1 Å². The molecule has 32 heavy (non-hydrogen) atoms. The van der Waals surface area contributed by atoms with E-state index in [1.807, 2.05) is 37.3 Å². The molecule has 7 heteroatoms. The van der Waals surface area contributed by atoms with E-state index >= 15 is 0 Å². The first kappa shape index (κ1) is 20.2. The number of hydrogen-bond donors (Lipinski definition) is 1. The van der Waals surface area contributed by atoms with Crippen LogP contribution in [-0.2, 0) is 4.79 Å². The maximum Gasteiger partial charge on any atom is 0.161 e.